The van der Waals surface area contributed by atoms with E-state index in [-0.39, 0.29) is 47.3 Å². The molecular weight excluding hydrogens is 442 g/mol. The Balaban J connectivity index is 1.58. The minimum atomic E-state index is -0.581. The molecule has 6 unspecified atom stereocenters. The third-order valence-corrected chi connectivity index (χ3v) is 8.82. The van der Waals surface area contributed by atoms with E-state index in [1.54, 1.807) is 0 Å². The minimum Gasteiger partial charge on any atom is -0.274 e. The van der Waals surface area contributed by atoms with Gasteiger partial charge in [0.1, 0.15) is 12.3 Å². The van der Waals surface area contributed by atoms with E-state index in [2.05, 4.69) is 13.8 Å². The monoisotopic (exact) mass is 486 g/mol. The van der Waals surface area contributed by atoms with Gasteiger partial charge in [-0.1, -0.05) is 65.2 Å². The maximum Gasteiger partial charge on any atom is 0.234 e. The Morgan fingerprint density at radius 3 is 1.20 bits per heavy atom. The van der Waals surface area contributed by atoms with Crippen LogP contribution in [0.15, 0.2) is 0 Å². The molecule has 6 atom stereocenters. The van der Waals surface area contributed by atoms with Crippen LogP contribution in [-0.4, -0.2) is 45.8 Å². The summed E-state index contributed by atoms with van der Waals surface area (Å²) in [7, 11) is 0. The molecule has 4 fully saturated rings. The lowest BCUT2D eigenvalue weighted by Crippen LogP contribution is -2.54. The Hall–Kier alpha value is -1.76. The van der Waals surface area contributed by atoms with Crippen molar-refractivity contribution in [2.45, 2.75) is 129 Å². The van der Waals surface area contributed by atoms with Gasteiger partial charge in [0.05, 0.1) is 23.7 Å². The van der Waals surface area contributed by atoms with Crippen molar-refractivity contribution in [2.24, 2.45) is 23.7 Å². The number of carbonyl (C=O) groups is 4. The molecular formula is C28H44N3O4. The Labute approximate surface area is 210 Å². The van der Waals surface area contributed by atoms with E-state index in [9.17, 15) is 19.2 Å². The normalized spacial score (nSPS) is 30.6. The molecule has 0 N–H and O–H groups in total. The summed E-state index contributed by atoms with van der Waals surface area (Å²) in [6.45, 7) is 4.26. The van der Waals surface area contributed by atoms with Crippen molar-refractivity contribution >= 4 is 23.6 Å². The van der Waals surface area contributed by atoms with Crippen LogP contribution in [0.5, 0.6) is 0 Å². The van der Waals surface area contributed by atoms with E-state index in [1.165, 1.54) is 9.80 Å². The average Bonchev–Trinajstić information content (AvgIpc) is 3.28. The van der Waals surface area contributed by atoms with E-state index >= 15 is 0 Å². The second kappa shape index (κ2) is 12.0. The predicted molar refractivity (Wildman–Crippen MR) is 133 cm³/mol. The van der Waals surface area contributed by atoms with Crippen LogP contribution in [0.1, 0.15) is 117 Å². The molecule has 0 bridgehead atoms. The molecule has 195 valence electrons. The Bertz CT molecular complexity index is 687. The number of unbranched alkanes of at least 4 members (excludes halogenated alkanes) is 4. The highest BCUT2D eigenvalue weighted by Crippen LogP contribution is 2.41. The minimum absolute atomic E-state index is 0.0787. The predicted octanol–water partition coefficient (Wildman–Crippen LogP) is 4.75. The van der Waals surface area contributed by atoms with Crippen molar-refractivity contribution < 1.29 is 19.2 Å². The second-order valence-electron chi connectivity index (χ2n) is 11.2. The molecule has 4 aliphatic rings. The van der Waals surface area contributed by atoms with Crippen LogP contribution in [0.3, 0.4) is 0 Å². The molecule has 7 nitrogen and oxygen atoms in total. The van der Waals surface area contributed by atoms with Crippen molar-refractivity contribution in [1.29, 1.82) is 0 Å². The summed E-state index contributed by atoms with van der Waals surface area (Å²) in [6, 6.07) is 0. The van der Waals surface area contributed by atoms with Gasteiger partial charge in [0.2, 0.25) is 23.6 Å². The molecule has 2 saturated heterocycles. The molecule has 0 aromatic heterocycles. The third-order valence-electron chi connectivity index (χ3n) is 8.82. The first-order valence-electron chi connectivity index (χ1n) is 14.4. The molecule has 4 rings (SSSR count). The average molecular weight is 487 g/mol. The van der Waals surface area contributed by atoms with Crippen LogP contribution in [0.2, 0.25) is 0 Å². The van der Waals surface area contributed by atoms with Crippen LogP contribution in [0.4, 0.5) is 0 Å². The van der Waals surface area contributed by atoms with Gasteiger partial charge in [-0.3, -0.25) is 29.0 Å². The number of nitrogens with zero attached hydrogens (tertiary/aromatic N) is 3. The number of amides is 4. The highest BCUT2D eigenvalue weighted by Gasteiger charge is 2.53. The van der Waals surface area contributed by atoms with Crippen molar-refractivity contribution in [3.63, 3.8) is 0 Å². The van der Waals surface area contributed by atoms with Gasteiger partial charge in [0.25, 0.3) is 0 Å². The first kappa shape index (κ1) is 26.3. The summed E-state index contributed by atoms with van der Waals surface area (Å²) in [4.78, 5) is 56.6. The number of fused-ring (bicyclic) bond motifs is 2. The third kappa shape index (κ3) is 5.35. The first-order chi connectivity index (χ1) is 17.0. The largest absolute Gasteiger partial charge is 0.274 e. The molecule has 2 saturated carbocycles. The van der Waals surface area contributed by atoms with Gasteiger partial charge in [-0.25, -0.2) is 0 Å². The summed E-state index contributed by atoms with van der Waals surface area (Å²) in [5.74, 6) is -1.16. The standard InChI is InChI=1S/C28H44N3O4/c1-3-5-7-17-23(30-25(32)19-13-9-10-14-20(19)26(30)33)29-24(18-8-6-4-2)31-27(34)21-15-11-12-16-22(21)28(31)35/h19-24H,3-18H2,1-2H3. The molecule has 2 aliphatic carbocycles. The number of rotatable bonds is 12. The van der Waals surface area contributed by atoms with Gasteiger partial charge in [0.15, 0.2) is 0 Å². The number of hydrogen-bond acceptors (Lipinski definition) is 4. The second-order valence-corrected chi connectivity index (χ2v) is 11.2. The van der Waals surface area contributed by atoms with Crippen molar-refractivity contribution in [3.8, 4) is 0 Å². The van der Waals surface area contributed by atoms with Crippen LogP contribution in [-0.2, 0) is 19.2 Å². The van der Waals surface area contributed by atoms with E-state index in [0.717, 1.165) is 89.9 Å². The summed E-state index contributed by atoms with van der Waals surface area (Å²) in [5.41, 5.74) is 0. The Morgan fingerprint density at radius 2 is 0.914 bits per heavy atom. The summed E-state index contributed by atoms with van der Waals surface area (Å²) < 4.78 is 0. The summed E-state index contributed by atoms with van der Waals surface area (Å²) in [5, 5.41) is 5.07. The fourth-order valence-corrected chi connectivity index (χ4v) is 6.86. The van der Waals surface area contributed by atoms with Crippen LogP contribution < -0.4 is 5.32 Å². The van der Waals surface area contributed by atoms with Gasteiger partial charge in [-0.15, -0.1) is 0 Å². The Kier molecular flexibility index (Phi) is 9.01. The lowest BCUT2D eigenvalue weighted by Gasteiger charge is -2.34. The summed E-state index contributed by atoms with van der Waals surface area (Å²) >= 11 is 0. The number of hydrogen-bond donors (Lipinski definition) is 0. The first-order valence-corrected chi connectivity index (χ1v) is 14.4. The van der Waals surface area contributed by atoms with Gasteiger partial charge < -0.3 is 0 Å². The van der Waals surface area contributed by atoms with E-state index < -0.39 is 12.3 Å². The zero-order valence-corrected chi connectivity index (χ0v) is 21.8. The fourth-order valence-electron chi connectivity index (χ4n) is 6.86. The number of carbonyl (C=O) groups excluding carboxylic acids is 4. The van der Waals surface area contributed by atoms with Crippen molar-refractivity contribution in [2.75, 3.05) is 0 Å². The maximum atomic E-state index is 13.4. The molecule has 1 radical (unpaired) electrons. The summed E-state index contributed by atoms with van der Waals surface area (Å²) in [6.07, 6.45) is 12.9. The zero-order chi connectivity index (χ0) is 24.9. The maximum absolute atomic E-state index is 13.4. The number of likely N-dealkylation sites (tertiary alicyclic amines) is 2. The quantitative estimate of drug-likeness (QED) is 0.294. The highest BCUT2D eigenvalue weighted by atomic mass is 16.2. The van der Waals surface area contributed by atoms with Crippen LogP contribution in [0, 0.1) is 23.7 Å². The molecule has 0 aromatic carbocycles. The molecule has 0 spiro atoms. The van der Waals surface area contributed by atoms with E-state index in [4.69, 9.17) is 5.32 Å². The lowest BCUT2D eigenvalue weighted by molar-refractivity contribution is -0.146. The molecule has 7 heteroatoms. The highest BCUT2D eigenvalue weighted by molar-refractivity contribution is 6.06. The molecule has 4 amide bonds. The Morgan fingerprint density at radius 1 is 0.600 bits per heavy atom. The van der Waals surface area contributed by atoms with E-state index in [0.29, 0.717) is 12.8 Å². The SMILES string of the molecule is CCCCCC([N]C(CCCCC)N1C(=O)C2CCCCC2C1=O)N1C(=O)C2CCCCC2C1=O. The van der Waals surface area contributed by atoms with Crippen LogP contribution >= 0.6 is 0 Å². The smallest absolute Gasteiger partial charge is 0.234 e. The lowest BCUT2D eigenvalue weighted by atomic mass is 9.81. The van der Waals surface area contributed by atoms with Crippen molar-refractivity contribution in [1.82, 2.24) is 15.1 Å². The fraction of sp³-hybridized carbons (Fsp3) is 0.857. The van der Waals surface area contributed by atoms with Gasteiger partial charge in [-0.05, 0) is 51.4 Å². The zero-order valence-electron chi connectivity index (χ0n) is 21.8. The van der Waals surface area contributed by atoms with Crippen LogP contribution in [0.25, 0.3) is 0 Å². The van der Waals surface area contributed by atoms with Gasteiger partial charge in [0, 0.05) is 0 Å². The number of imide groups is 2. The molecule has 2 aliphatic heterocycles. The van der Waals surface area contributed by atoms with Gasteiger partial charge in [-0.2, -0.15) is 5.32 Å². The molecule has 0 aromatic rings. The van der Waals surface area contributed by atoms with E-state index in [1.807, 2.05) is 0 Å². The van der Waals surface area contributed by atoms with Crippen molar-refractivity contribution in [3.05, 3.63) is 0 Å². The molecule has 2 heterocycles. The topological polar surface area (TPSA) is 88.9 Å². The molecule has 35 heavy (non-hydrogen) atoms. The van der Waals surface area contributed by atoms with Gasteiger partial charge >= 0.3 is 0 Å².